The summed E-state index contributed by atoms with van der Waals surface area (Å²) in [5.41, 5.74) is 0.677. The van der Waals surface area contributed by atoms with Gasteiger partial charge in [0.1, 0.15) is 5.82 Å². The minimum atomic E-state index is -1.37. The van der Waals surface area contributed by atoms with E-state index < -0.39 is 35.5 Å². The molecule has 142 valence electrons. The highest BCUT2D eigenvalue weighted by molar-refractivity contribution is 6.32. The number of imide groups is 2. The Morgan fingerprint density at radius 1 is 1.18 bits per heavy atom. The number of amides is 4. The van der Waals surface area contributed by atoms with Crippen LogP contribution in [0.1, 0.15) is 10.4 Å². The zero-order valence-electron chi connectivity index (χ0n) is 14.6. The van der Waals surface area contributed by atoms with Crippen molar-refractivity contribution in [2.75, 3.05) is 12.0 Å². The summed E-state index contributed by atoms with van der Waals surface area (Å²) in [7, 11) is 1.24. The molecular formula is C19H14FN3O5. The van der Waals surface area contributed by atoms with Crippen molar-refractivity contribution >= 4 is 41.4 Å². The van der Waals surface area contributed by atoms with Gasteiger partial charge >= 0.3 is 12.0 Å². The Hall–Kier alpha value is -3.88. The fourth-order valence-electron chi connectivity index (χ4n) is 2.55. The number of urea groups is 1. The van der Waals surface area contributed by atoms with Gasteiger partial charge in [-0.15, -0.1) is 0 Å². The molecule has 8 nitrogen and oxygen atoms in total. The summed E-state index contributed by atoms with van der Waals surface area (Å²) in [5.74, 6) is -4.12. The van der Waals surface area contributed by atoms with Crippen LogP contribution < -0.4 is 10.2 Å². The van der Waals surface area contributed by atoms with Crippen molar-refractivity contribution in [2.24, 2.45) is 10.9 Å². The van der Waals surface area contributed by atoms with Crippen molar-refractivity contribution in [1.29, 1.82) is 0 Å². The number of halogens is 1. The van der Waals surface area contributed by atoms with Crippen LogP contribution in [0.25, 0.3) is 0 Å². The number of nitrogens with one attached hydrogen (secondary N) is 1. The van der Waals surface area contributed by atoms with Crippen LogP contribution in [0.15, 0.2) is 53.5 Å². The maximum absolute atomic E-state index is 13.1. The summed E-state index contributed by atoms with van der Waals surface area (Å²) in [6, 6.07) is 9.83. The summed E-state index contributed by atoms with van der Waals surface area (Å²) in [5, 5.41) is 2.07. The van der Waals surface area contributed by atoms with Gasteiger partial charge in [-0.05, 0) is 42.5 Å². The van der Waals surface area contributed by atoms with E-state index in [4.69, 9.17) is 0 Å². The molecular weight excluding hydrogens is 369 g/mol. The van der Waals surface area contributed by atoms with Gasteiger partial charge in [0.2, 0.25) is 5.91 Å². The normalized spacial score (nSPS) is 17.0. The number of rotatable bonds is 4. The Kier molecular flexibility index (Phi) is 5.25. The molecule has 28 heavy (non-hydrogen) atoms. The van der Waals surface area contributed by atoms with E-state index in [-0.39, 0.29) is 11.3 Å². The number of hydrogen-bond acceptors (Lipinski definition) is 6. The first-order chi connectivity index (χ1) is 13.4. The van der Waals surface area contributed by atoms with Gasteiger partial charge in [-0.25, -0.2) is 18.9 Å². The van der Waals surface area contributed by atoms with Crippen LogP contribution in [0, 0.1) is 11.7 Å². The van der Waals surface area contributed by atoms with E-state index in [1.807, 2.05) is 0 Å². The molecule has 0 unspecified atom stereocenters. The monoisotopic (exact) mass is 383 g/mol. The molecule has 1 atom stereocenters. The number of carbonyl (C=O) groups is 4. The molecule has 1 saturated heterocycles. The lowest BCUT2D eigenvalue weighted by atomic mass is 10.1. The van der Waals surface area contributed by atoms with Crippen LogP contribution in [0.2, 0.25) is 0 Å². The molecule has 0 aromatic heterocycles. The molecule has 1 fully saturated rings. The highest BCUT2D eigenvalue weighted by Gasteiger charge is 2.40. The second-order valence-electron chi connectivity index (χ2n) is 5.74. The molecule has 0 saturated carbocycles. The summed E-state index contributed by atoms with van der Waals surface area (Å²) in [6.45, 7) is 0. The third kappa shape index (κ3) is 3.78. The van der Waals surface area contributed by atoms with E-state index in [0.717, 1.165) is 23.2 Å². The molecule has 1 N–H and O–H groups in total. The number of nitrogens with zero attached hydrogens (tertiary/aromatic N) is 2. The summed E-state index contributed by atoms with van der Waals surface area (Å²) >= 11 is 0. The zero-order chi connectivity index (χ0) is 20.3. The predicted octanol–water partition coefficient (Wildman–Crippen LogP) is 2.21. The van der Waals surface area contributed by atoms with Crippen molar-refractivity contribution in [3.05, 3.63) is 59.9 Å². The molecule has 1 aliphatic heterocycles. The maximum atomic E-state index is 13.1. The van der Waals surface area contributed by atoms with Crippen LogP contribution >= 0.6 is 0 Å². The Morgan fingerprint density at radius 2 is 1.89 bits per heavy atom. The van der Waals surface area contributed by atoms with E-state index in [1.165, 1.54) is 31.4 Å². The molecule has 0 bridgehead atoms. The molecule has 1 aliphatic rings. The first-order valence-corrected chi connectivity index (χ1v) is 8.07. The molecule has 3 rings (SSSR count). The average molecular weight is 383 g/mol. The molecule has 9 heteroatoms. The zero-order valence-corrected chi connectivity index (χ0v) is 14.6. The highest BCUT2D eigenvalue weighted by Crippen LogP contribution is 2.21. The number of esters is 1. The lowest BCUT2D eigenvalue weighted by Gasteiger charge is -2.28. The second kappa shape index (κ2) is 7.78. The van der Waals surface area contributed by atoms with Crippen LogP contribution in [-0.4, -0.2) is 37.1 Å². The van der Waals surface area contributed by atoms with Crippen molar-refractivity contribution < 1.29 is 28.3 Å². The number of methoxy groups -OCH3 is 1. The Labute approximate surface area is 158 Å². The fourth-order valence-corrected chi connectivity index (χ4v) is 2.55. The van der Waals surface area contributed by atoms with Gasteiger partial charge < -0.3 is 4.74 Å². The molecule has 0 spiro atoms. The second-order valence-corrected chi connectivity index (χ2v) is 5.74. The van der Waals surface area contributed by atoms with Gasteiger partial charge in [-0.3, -0.25) is 19.9 Å². The molecule has 4 amide bonds. The minimum absolute atomic E-state index is 0.113. The number of barbiturate groups is 1. The number of ether oxygens (including phenoxy) is 1. The minimum Gasteiger partial charge on any atom is -0.465 e. The third-order valence-electron chi connectivity index (χ3n) is 3.93. The first kappa shape index (κ1) is 18.9. The number of carbonyl (C=O) groups excluding carboxylic acids is 4. The van der Waals surface area contributed by atoms with Crippen LogP contribution in [0.3, 0.4) is 0 Å². The van der Waals surface area contributed by atoms with E-state index in [9.17, 15) is 23.6 Å². The Bertz CT molecular complexity index is 987. The number of anilines is 1. The number of benzene rings is 2. The van der Waals surface area contributed by atoms with Gasteiger partial charge in [0.15, 0.2) is 5.92 Å². The van der Waals surface area contributed by atoms with Crippen molar-refractivity contribution in [1.82, 2.24) is 5.32 Å². The molecule has 2 aromatic carbocycles. The van der Waals surface area contributed by atoms with E-state index in [2.05, 4.69) is 15.0 Å². The molecule has 1 heterocycles. The Balaban J connectivity index is 1.86. The average Bonchev–Trinajstić information content (AvgIpc) is 2.68. The Morgan fingerprint density at radius 3 is 2.57 bits per heavy atom. The van der Waals surface area contributed by atoms with Crippen molar-refractivity contribution in [2.45, 2.75) is 0 Å². The topological polar surface area (TPSA) is 105 Å². The third-order valence-corrected chi connectivity index (χ3v) is 3.93. The maximum Gasteiger partial charge on any atom is 0.337 e. The fraction of sp³-hybridized carbons (Fsp3) is 0.105. The predicted molar refractivity (Wildman–Crippen MR) is 96.8 cm³/mol. The van der Waals surface area contributed by atoms with Crippen molar-refractivity contribution in [3.8, 4) is 0 Å². The number of hydrogen-bond donors (Lipinski definition) is 1. The van der Waals surface area contributed by atoms with Crippen LogP contribution in [-0.2, 0) is 14.3 Å². The smallest absolute Gasteiger partial charge is 0.337 e. The quantitative estimate of drug-likeness (QED) is 0.495. The van der Waals surface area contributed by atoms with Crippen LogP contribution in [0.4, 0.5) is 20.6 Å². The lowest BCUT2D eigenvalue weighted by Crippen LogP contribution is -2.58. The summed E-state index contributed by atoms with van der Waals surface area (Å²) in [6.07, 6.45) is 1.08. The first-order valence-electron chi connectivity index (χ1n) is 8.07. The molecule has 0 radical (unpaired) electrons. The van der Waals surface area contributed by atoms with Gasteiger partial charge in [0.05, 0.1) is 24.0 Å². The highest BCUT2D eigenvalue weighted by atomic mass is 19.1. The summed E-state index contributed by atoms with van der Waals surface area (Å²) < 4.78 is 17.7. The van der Waals surface area contributed by atoms with E-state index >= 15 is 0 Å². The van der Waals surface area contributed by atoms with Gasteiger partial charge in [0.25, 0.3) is 5.91 Å². The van der Waals surface area contributed by atoms with E-state index in [1.54, 1.807) is 12.1 Å². The van der Waals surface area contributed by atoms with Crippen molar-refractivity contribution in [3.63, 3.8) is 0 Å². The lowest BCUT2D eigenvalue weighted by molar-refractivity contribution is -0.131. The SMILES string of the molecule is COC(=O)c1cccc(N=C[C@@H]2C(=O)NC(=O)N(c3ccc(F)cc3)C2=O)c1. The van der Waals surface area contributed by atoms with Gasteiger partial charge in [-0.2, -0.15) is 0 Å². The number of aliphatic imine (C=N–C) groups is 1. The van der Waals surface area contributed by atoms with E-state index in [0.29, 0.717) is 5.69 Å². The summed E-state index contributed by atoms with van der Waals surface area (Å²) in [4.78, 5) is 53.2. The standard InChI is InChI=1S/C19H14FN3O5/c1-28-18(26)11-3-2-4-13(9-11)21-10-15-16(24)22-19(27)23(17(15)25)14-7-5-12(20)6-8-14/h2-10,15H,1H3,(H,22,24,27)/t15-/m1/s1. The molecule has 2 aromatic rings. The van der Waals surface area contributed by atoms with Gasteiger partial charge in [0, 0.05) is 6.21 Å². The molecule has 0 aliphatic carbocycles. The van der Waals surface area contributed by atoms with Crippen LogP contribution in [0.5, 0.6) is 0 Å². The largest absolute Gasteiger partial charge is 0.465 e. The van der Waals surface area contributed by atoms with Gasteiger partial charge in [-0.1, -0.05) is 6.07 Å².